The number of hydrogen-bond donors (Lipinski definition) is 0. The molecular weight excluding hydrogens is 399 g/mol. The third-order valence-corrected chi connectivity index (χ3v) is 6.39. The molecule has 4 aromatic rings. The van der Waals surface area contributed by atoms with Gasteiger partial charge in [0, 0.05) is 42.6 Å². The molecule has 0 bridgehead atoms. The minimum absolute atomic E-state index is 0.206. The molecule has 0 saturated carbocycles. The van der Waals surface area contributed by atoms with Crippen molar-refractivity contribution in [2.45, 2.75) is 33.2 Å². The standard InChI is InChI=1S/C27H33FN4/c1-4-31(5-2)19-9-8-18-30(3)27-26-24(16-17-29-27)23-10-6-7-11-25(23)32(26)20-21-12-14-22(28)15-13-21/h6-7,10-17H,4-5,8-9,18-20H2,1-3H3. The maximum Gasteiger partial charge on any atom is 0.152 e. The highest BCUT2D eigenvalue weighted by molar-refractivity contribution is 6.11. The molecule has 0 aliphatic heterocycles. The summed E-state index contributed by atoms with van der Waals surface area (Å²) in [5.74, 6) is 0.798. The smallest absolute Gasteiger partial charge is 0.152 e. The Balaban J connectivity index is 1.66. The van der Waals surface area contributed by atoms with Gasteiger partial charge in [0.2, 0.25) is 0 Å². The summed E-state index contributed by atoms with van der Waals surface area (Å²) in [6.07, 6.45) is 4.22. The Morgan fingerprint density at radius 1 is 0.875 bits per heavy atom. The second kappa shape index (κ2) is 10.1. The highest BCUT2D eigenvalue weighted by atomic mass is 19.1. The van der Waals surface area contributed by atoms with Gasteiger partial charge >= 0.3 is 0 Å². The van der Waals surface area contributed by atoms with Crippen molar-refractivity contribution < 1.29 is 4.39 Å². The molecule has 0 N–H and O–H groups in total. The van der Waals surface area contributed by atoms with Crippen molar-refractivity contribution in [3.05, 3.63) is 72.2 Å². The van der Waals surface area contributed by atoms with Gasteiger partial charge in [0.15, 0.2) is 5.82 Å². The van der Waals surface area contributed by atoms with E-state index in [0.29, 0.717) is 6.54 Å². The molecule has 0 spiro atoms. The van der Waals surface area contributed by atoms with Crippen molar-refractivity contribution in [3.8, 4) is 0 Å². The van der Waals surface area contributed by atoms with Gasteiger partial charge in [0.05, 0.1) is 5.52 Å². The minimum atomic E-state index is -0.206. The van der Waals surface area contributed by atoms with E-state index in [1.165, 1.54) is 34.8 Å². The van der Waals surface area contributed by atoms with Crippen molar-refractivity contribution in [1.29, 1.82) is 0 Å². The van der Waals surface area contributed by atoms with Gasteiger partial charge in [0.25, 0.3) is 0 Å². The van der Waals surface area contributed by atoms with E-state index >= 15 is 0 Å². The van der Waals surface area contributed by atoms with Gasteiger partial charge in [-0.15, -0.1) is 0 Å². The predicted octanol–water partition coefficient (Wildman–Crippen LogP) is 5.94. The molecule has 2 aromatic heterocycles. The quantitative estimate of drug-likeness (QED) is 0.290. The first kappa shape index (κ1) is 22.3. The normalized spacial score (nSPS) is 11.7. The van der Waals surface area contributed by atoms with Crippen LogP contribution in [0.3, 0.4) is 0 Å². The molecule has 4 rings (SSSR count). The number of anilines is 1. The Bertz CT molecular complexity index is 1160. The number of fused-ring (bicyclic) bond motifs is 3. The van der Waals surface area contributed by atoms with Gasteiger partial charge in [-0.3, -0.25) is 0 Å². The topological polar surface area (TPSA) is 24.3 Å². The van der Waals surface area contributed by atoms with Crippen molar-refractivity contribution in [3.63, 3.8) is 0 Å². The number of rotatable bonds is 10. The lowest BCUT2D eigenvalue weighted by atomic mass is 10.2. The molecule has 2 aromatic carbocycles. The van der Waals surface area contributed by atoms with E-state index in [1.807, 2.05) is 18.3 Å². The average molecular weight is 433 g/mol. The van der Waals surface area contributed by atoms with Gasteiger partial charge < -0.3 is 14.4 Å². The Morgan fingerprint density at radius 2 is 1.59 bits per heavy atom. The largest absolute Gasteiger partial charge is 0.358 e. The van der Waals surface area contributed by atoms with Gasteiger partial charge in [-0.1, -0.05) is 44.2 Å². The van der Waals surface area contributed by atoms with E-state index < -0.39 is 0 Å². The summed E-state index contributed by atoms with van der Waals surface area (Å²) in [4.78, 5) is 9.55. The molecule has 0 amide bonds. The van der Waals surface area contributed by atoms with Crippen molar-refractivity contribution in [2.24, 2.45) is 0 Å². The van der Waals surface area contributed by atoms with E-state index in [9.17, 15) is 4.39 Å². The zero-order valence-electron chi connectivity index (χ0n) is 19.4. The molecule has 0 fully saturated rings. The molecule has 4 nitrogen and oxygen atoms in total. The third kappa shape index (κ3) is 4.63. The van der Waals surface area contributed by atoms with Crippen molar-refractivity contribution in [1.82, 2.24) is 14.5 Å². The first-order valence-corrected chi connectivity index (χ1v) is 11.7. The van der Waals surface area contributed by atoms with E-state index in [0.717, 1.165) is 49.5 Å². The van der Waals surface area contributed by atoms with Crippen molar-refractivity contribution in [2.75, 3.05) is 38.1 Å². The minimum Gasteiger partial charge on any atom is -0.358 e. The Hall–Kier alpha value is -2.92. The number of pyridine rings is 1. The summed E-state index contributed by atoms with van der Waals surface area (Å²) >= 11 is 0. The number of para-hydroxylation sites is 1. The van der Waals surface area contributed by atoms with Crippen LogP contribution < -0.4 is 4.90 Å². The molecule has 0 saturated heterocycles. The monoisotopic (exact) mass is 432 g/mol. The lowest BCUT2D eigenvalue weighted by Crippen LogP contribution is -2.26. The number of hydrogen-bond acceptors (Lipinski definition) is 3. The first-order chi connectivity index (χ1) is 15.6. The van der Waals surface area contributed by atoms with Crippen LogP contribution in [-0.4, -0.2) is 47.7 Å². The number of benzene rings is 2. The van der Waals surface area contributed by atoms with Crippen LogP contribution in [0, 0.1) is 5.82 Å². The fourth-order valence-corrected chi connectivity index (χ4v) is 4.53. The van der Waals surface area contributed by atoms with Crippen LogP contribution in [0.15, 0.2) is 60.8 Å². The number of nitrogens with zero attached hydrogens (tertiary/aromatic N) is 4. The van der Waals surface area contributed by atoms with E-state index in [-0.39, 0.29) is 5.82 Å². The van der Waals surface area contributed by atoms with Crippen LogP contribution >= 0.6 is 0 Å². The van der Waals surface area contributed by atoms with Crippen LogP contribution in [0.1, 0.15) is 32.3 Å². The van der Waals surface area contributed by atoms with Gasteiger partial charge in [-0.2, -0.15) is 0 Å². The summed E-state index contributed by atoms with van der Waals surface area (Å²) in [5.41, 5.74) is 3.39. The van der Waals surface area contributed by atoms with Gasteiger partial charge in [-0.05, 0) is 62.3 Å². The first-order valence-electron chi connectivity index (χ1n) is 11.7. The van der Waals surface area contributed by atoms with Crippen LogP contribution in [-0.2, 0) is 6.54 Å². The van der Waals surface area contributed by atoms with Crippen LogP contribution in [0.25, 0.3) is 21.8 Å². The van der Waals surface area contributed by atoms with Crippen LogP contribution in [0.5, 0.6) is 0 Å². The fraction of sp³-hybridized carbons (Fsp3) is 0.370. The molecule has 0 atom stereocenters. The zero-order chi connectivity index (χ0) is 22.5. The fourth-order valence-electron chi connectivity index (χ4n) is 4.53. The second-order valence-electron chi connectivity index (χ2n) is 8.42. The lowest BCUT2D eigenvalue weighted by Gasteiger charge is -2.22. The van der Waals surface area contributed by atoms with Gasteiger partial charge in [-0.25, -0.2) is 9.37 Å². The number of aromatic nitrogens is 2. The van der Waals surface area contributed by atoms with Crippen molar-refractivity contribution >= 4 is 27.6 Å². The highest BCUT2D eigenvalue weighted by Crippen LogP contribution is 2.34. The molecule has 168 valence electrons. The molecular formula is C27H33FN4. The number of halogens is 1. The Morgan fingerprint density at radius 3 is 2.34 bits per heavy atom. The van der Waals surface area contributed by atoms with E-state index in [4.69, 9.17) is 4.98 Å². The molecule has 5 heteroatoms. The maximum absolute atomic E-state index is 13.5. The maximum atomic E-state index is 13.5. The highest BCUT2D eigenvalue weighted by Gasteiger charge is 2.17. The Kier molecular flexibility index (Phi) is 7.05. The molecule has 0 aliphatic rings. The summed E-state index contributed by atoms with van der Waals surface area (Å²) < 4.78 is 15.8. The van der Waals surface area contributed by atoms with Gasteiger partial charge in [0.1, 0.15) is 5.82 Å². The molecule has 32 heavy (non-hydrogen) atoms. The summed E-state index contributed by atoms with van der Waals surface area (Å²) in [6.45, 7) is 9.45. The number of unbranched alkanes of at least 4 members (excludes halogenated alkanes) is 1. The SMILES string of the molecule is CCN(CC)CCCCN(C)c1nccc2c3ccccc3n(Cc3ccc(F)cc3)c12. The molecule has 0 radical (unpaired) electrons. The average Bonchev–Trinajstić information content (AvgIpc) is 3.14. The third-order valence-electron chi connectivity index (χ3n) is 6.39. The molecule has 0 aliphatic carbocycles. The summed E-state index contributed by atoms with van der Waals surface area (Å²) in [5, 5.41) is 2.44. The summed E-state index contributed by atoms with van der Waals surface area (Å²) in [6, 6.07) is 17.4. The summed E-state index contributed by atoms with van der Waals surface area (Å²) in [7, 11) is 2.14. The zero-order valence-corrected chi connectivity index (χ0v) is 19.4. The lowest BCUT2D eigenvalue weighted by molar-refractivity contribution is 0.297. The van der Waals surface area contributed by atoms with E-state index in [2.05, 4.69) is 65.6 Å². The van der Waals surface area contributed by atoms with E-state index in [1.54, 1.807) is 0 Å². The second-order valence-corrected chi connectivity index (χ2v) is 8.42. The predicted molar refractivity (Wildman–Crippen MR) is 133 cm³/mol. The Labute approximate surface area is 190 Å². The van der Waals surface area contributed by atoms with Crippen LogP contribution in [0.4, 0.5) is 10.2 Å². The molecule has 0 unspecified atom stereocenters. The van der Waals surface area contributed by atoms with Crippen LogP contribution in [0.2, 0.25) is 0 Å². The molecule has 2 heterocycles.